The average molecular weight is 434 g/mol. The lowest BCUT2D eigenvalue weighted by molar-refractivity contribution is -0.118. The molecule has 156 valence electrons. The zero-order valence-electron chi connectivity index (χ0n) is 16.7. The fourth-order valence-corrected chi connectivity index (χ4v) is 3.94. The molecule has 2 unspecified atom stereocenters. The molecular weight excluding hydrogens is 413 g/mol. The largest absolute Gasteiger partial charge is 0.323 e. The average Bonchev–Trinajstić information content (AvgIpc) is 3.23. The highest BCUT2D eigenvalue weighted by molar-refractivity contribution is 8.00. The number of carbonyl (C=O) groups excluding carboxylic acids is 1. The number of benzene rings is 2. The summed E-state index contributed by atoms with van der Waals surface area (Å²) in [5.41, 5.74) is 0.450. The topological polar surface area (TPSA) is 72.7 Å². The van der Waals surface area contributed by atoms with Crippen molar-refractivity contribution in [2.24, 2.45) is 0 Å². The van der Waals surface area contributed by atoms with E-state index in [0.29, 0.717) is 16.7 Å². The summed E-state index contributed by atoms with van der Waals surface area (Å²) in [6.07, 6.45) is 3.35. The fraction of sp³-hybridized carbons (Fsp3) is 0.130. The van der Waals surface area contributed by atoms with E-state index in [1.54, 1.807) is 42.7 Å². The third-order valence-corrected chi connectivity index (χ3v) is 5.62. The number of hydrogen-bond acceptors (Lipinski definition) is 5. The van der Waals surface area contributed by atoms with E-state index in [1.165, 1.54) is 0 Å². The van der Waals surface area contributed by atoms with Crippen LogP contribution in [0.4, 0.5) is 10.1 Å². The van der Waals surface area contributed by atoms with E-state index in [1.807, 2.05) is 54.0 Å². The van der Waals surface area contributed by atoms with E-state index in [4.69, 9.17) is 0 Å². The second kappa shape index (κ2) is 9.53. The first-order valence-electron chi connectivity index (χ1n) is 9.70. The van der Waals surface area contributed by atoms with Gasteiger partial charge >= 0.3 is 0 Å². The van der Waals surface area contributed by atoms with E-state index in [-0.39, 0.29) is 6.04 Å². The van der Waals surface area contributed by atoms with Crippen molar-refractivity contribution in [1.82, 2.24) is 19.7 Å². The van der Waals surface area contributed by atoms with Crippen LogP contribution in [0.1, 0.15) is 18.5 Å². The summed E-state index contributed by atoms with van der Waals surface area (Å²) in [6, 6.07) is 22.1. The molecule has 0 bridgehead atoms. The number of pyridine rings is 1. The first-order valence-corrected chi connectivity index (χ1v) is 10.6. The minimum atomic E-state index is -1.85. The molecule has 0 spiro atoms. The van der Waals surface area contributed by atoms with Crippen LogP contribution in [0, 0.1) is 0 Å². The molecule has 2 aromatic heterocycles. The standard InChI is InChI=1S/C23H20FN5OS/c1-16(17-9-4-2-5-10-17)29-21(18-11-8-14-25-15-18)27-28-23(29)31-20(24)22(30)26-19-12-6-3-7-13-19/h2-16,20H,1H3,(H,26,30). The molecule has 2 atom stereocenters. The molecule has 0 saturated carbocycles. The maximum absolute atomic E-state index is 14.9. The summed E-state index contributed by atoms with van der Waals surface area (Å²) in [7, 11) is 0. The number of rotatable bonds is 7. The van der Waals surface area contributed by atoms with Gasteiger partial charge in [0, 0.05) is 23.6 Å². The smallest absolute Gasteiger partial charge is 0.269 e. The predicted molar refractivity (Wildman–Crippen MR) is 119 cm³/mol. The molecule has 1 N–H and O–H groups in total. The zero-order valence-corrected chi connectivity index (χ0v) is 17.5. The highest BCUT2D eigenvalue weighted by Crippen LogP contribution is 2.33. The number of anilines is 1. The molecule has 1 amide bonds. The number of thioether (sulfide) groups is 1. The van der Waals surface area contributed by atoms with Crippen LogP contribution in [0.2, 0.25) is 0 Å². The van der Waals surface area contributed by atoms with Gasteiger partial charge in [0.15, 0.2) is 11.0 Å². The number of aromatic nitrogens is 4. The van der Waals surface area contributed by atoms with Crippen LogP contribution in [0.15, 0.2) is 90.3 Å². The third-order valence-electron chi connectivity index (χ3n) is 4.71. The first kappa shape index (κ1) is 20.7. The molecule has 4 rings (SSSR count). The molecule has 0 fully saturated rings. The van der Waals surface area contributed by atoms with Crippen molar-refractivity contribution < 1.29 is 9.18 Å². The maximum atomic E-state index is 14.9. The summed E-state index contributed by atoms with van der Waals surface area (Å²) in [5.74, 6) is -0.191. The van der Waals surface area contributed by atoms with Crippen molar-refractivity contribution in [2.45, 2.75) is 23.6 Å². The number of hydrogen-bond donors (Lipinski definition) is 1. The summed E-state index contributed by atoms with van der Waals surface area (Å²) in [5, 5.41) is 11.4. The van der Waals surface area contributed by atoms with Gasteiger partial charge in [-0.15, -0.1) is 10.2 Å². The van der Waals surface area contributed by atoms with E-state index < -0.39 is 11.4 Å². The SMILES string of the molecule is CC(c1ccccc1)n1c(SC(F)C(=O)Nc2ccccc2)nnc1-c1cccnc1. The fourth-order valence-electron chi connectivity index (χ4n) is 3.15. The van der Waals surface area contributed by atoms with Gasteiger partial charge in [-0.2, -0.15) is 0 Å². The van der Waals surface area contributed by atoms with Gasteiger partial charge in [-0.25, -0.2) is 4.39 Å². The van der Waals surface area contributed by atoms with Gasteiger partial charge in [0.25, 0.3) is 5.91 Å². The number of nitrogens with one attached hydrogen (secondary N) is 1. The van der Waals surface area contributed by atoms with E-state index >= 15 is 0 Å². The minimum Gasteiger partial charge on any atom is -0.323 e. The molecule has 6 nitrogen and oxygen atoms in total. The van der Waals surface area contributed by atoms with Gasteiger partial charge in [0.05, 0.1) is 6.04 Å². The van der Waals surface area contributed by atoms with E-state index in [2.05, 4.69) is 20.5 Å². The molecular formula is C23H20FN5OS. The molecule has 0 aliphatic rings. The lowest BCUT2D eigenvalue weighted by Crippen LogP contribution is -2.22. The molecule has 0 saturated heterocycles. The van der Waals surface area contributed by atoms with Crippen LogP contribution < -0.4 is 5.32 Å². The zero-order chi connectivity index (χ0) is 21.6. The van der Waals surface area contributed by atoms with E-state index in [9.17, 15) is 9.18 Å². The number of nitrogens with zero attached hydrogens (tertiary/aromatic N) is 4. The van der Waals surface area contributed by atoms with Gasteiger partial charge in [0.2, 0.25) is 5.50 Å². The van der Waals surface area contributed by atoms with Crippen LogP contribution in [0.25, 0.3) is 11.4 Å². The normalized spacial score (nSPS) is 12.8. The number of amides is 1. The highest BCUT2D eigenvalue weighted by Gasteiger charge is 2.26. The Morgan fingerprint density at radius 2 is 1.71 bits per heavy atom. The van der Waals surface area contributed by atoms with E-state index in [0.717, 1.165) is 22.9 Å². The summed E-state index contributed by atoms with van der Waals surface area (Å²) in [4.78, 5) is 16.5. The van der Waals surface area contributed by atoms with Crippen molar-refractivity contribution in [1.29, 1.82) is 0 Å². The molecule has 0 aliphatic heterocycles. The Bertz CT molecular complexity index is 1140. The Hall–Kier alpha value is -3.52. The maximum Gasteiger partial charge on any atom is 0.269 e. The number of halogens is 1. The lowest BCUT2D eigenvalue weighted by atomic mass is 10.1. The summed E-state index contributed by atoms with van der Waals surface area (Å²) >= 11 is 0.726. The molecule has 2 aromatic carbocycles. The Balaban J connectivity index is 1.64. The van der Waals surface area contributed by atoms with Gasteiger partial charge in [-0.05, 0) is 48.5 Å². The Morgan fingerprint density at radius 3 is 2.39 bits per heavy atom. The van der Waals surface area contributed by atoms with Crippen molar-refractivity contribution in [2.75, 3.05) is 5.32 Å². The van der Waals surface area contributed by atoms with Crippen molar-refractivity contribution in [3.63, 3.8) is 0 Å². The number of para-hydroxylation sites is 1. The first-order chi connectivity index (χ1) is 15.1. The Morgan fingerprint density at radius 1 is 1.00 bits per heavy atom. The van der Waals surface area contributed by atoms with Crippen molar-refractivity contribution in [3.05, 3.63) is 90.8 Å². The van der Waals surface area contributed by atoms with Crippen molar-refractivity contribution in [3.8, 4) is 11.4 Å². The van der Waals surface area contributed by atoms with Crippen molar-refractivity contribution >= 4 is 23.4 Å². The minimum absolute atomic E-state index is 0.182. The second-order valence-electron chi connectivity index (χ2n) is 6.79. The van der Waals surface area contributed by atoms with Crippen LogP contribution in [-0.2, 0) is 4.79 Å². The highest BCUT2D eigenvalue weighted by atomic mass is 32.2. The monoisotopic (exact) mass is 433 g/mol. The molecule has 31 heavy (non-hydrogen) atoms. The van der Waals surface area contributed by atoms with Gasteiger partial charge < -0.3 is 5.32 Å². The van der Waals surface area contributed by atoms with Gasteiger partial charge in [0.1, 0.15) is 0 Å². The third kappa shape index (κ3) is 4.80. The second-order valence-corrected chi connectivity index (χ2v) is 7.81. The Labute approximate surface area is 183 Å². The van der Waals surface area contributed by atoms with Gasteiger partial charge in [-0.3, -0.25) is 14.3 Å². The molecule has 2 heterocycles. The molecule has 0 radical (unpaired) electrons. The predicted octanol–water partition coefficient (Wildman–Crippen LogP) is 4.98. The number of carbonyl (C=O) groups is 1. The lowest BCUT2D eigenvalue weighted by Gasteiger charge is -2.19. The van der Waals surface area contributed by atoms with Crippen LogP contribution in [0.3, 0.4) is 0 Å². The van der Waals surface area contributed by atoms with Crippen LogP contribution >= 0.6 is 11.8 Å². The quantitative estimate of drug-likeness (QED) is 0.416. The Kier molecular flexibility index (Phi) is 6.37. The summed E-state index contributed by atoms with van der Waals surface area (Å²) < 4.78 is 16.7. The molecule has 0 aliphatic carbocycles. The van der Waals surface area contributed by atoms with Crippen LogP contribution in [-0.4, -0.2) is 31.2 Å². The van der Waals surface area contributed by atoms with Crippen LogP contribution in [0.5, 0.6) is 0 Å². The summed E-state index contributed by atoms with van der Waals surface area (Å²) in [6.45, 7) is 1.99. The molecule has 4 aromatic rings. The number of alkyl halides is 1. The molecule has 8 heteroatoms. The van der Waals surface area contributed by atoms with Gasteiger partial charge in [-0.1, -0.05) is 48.5 Å².